The summed E-state index contributed by atoms with van der Waals surface area (Å²) in [7, 11) is -4.41. The highest BCUT2D eigenvalue weighted by molar-refractivity contribution is 7.55. The van der Waals surface area contributed by atoms with Crippen LogP contribution in [0.2, 0.25) is 0 Å². The van der Waals surface area contributed by atoms with Crippen LogP contribution in [-0.4, -0.2) is 31.6 Å². The van der Waals surface area contributed by atoms with Crippen molar-refractivity contribution in [3.05, 3.63) is 64.0 Å². The van der Waals surface area contributed by atoms with Gasteiger partial charge in [-0.2, -0.15) is 0 Å². The number of phenols is 2. The molecule has 1 aliphatic rings. The van der Waals surface area contributed by atoms with E-state index in [0.29, 0.717) is 5.82 Å². The number of carbonyl (C=O) groups is 2. The molecule has 122 valence electrons. The fraction of sp³-hybridized carbons (Fsp3) is 0. The van der Waals surface area contributed by atoms with Gasteiger partial charge in [-0.05, 0) is 29.8 Å². The monoisotopic (exact) mass is 346 g/mol. The zero-order valence-corrected chi connectivity index (χ0v) is 12.9. The Hall–Kier alpha value is -2.73. The van der Waals surface area contributed by atoms with E-state index in [-0.39, 0.29) is 33.6 Å². The van der Waals surface area contributed by atoms with Gasteiger partial charge < -0.3 is 20.0 Å². The van der Waals surface area contributed by atoms with Gasteiger partial charge in [-0.15, -0.1) is 0 Å². The lowest BCUT2D eigenvalue weighted by atomic mass is 9.82. The van der Waals surface area contributed by atoms with Crippen molar-refractivity contribution < 1.29 is 34.2 Å². The molecule has 0 radical (unpaired) electrons. The number of hydrogen-bond donors (Lipinski definition) is 4. The van der Waals surface area contributed by atoms with E-state index in [1.54, 1.807) is 0 Å². The lowest BCUT2D eigenvalue weighted by molar-refractivity contribution is 0.0974. The third-order valence-corrected chi connectivity index (χ3v) is 4.12. The van der Waals surface area contributed by atoms with Crippen LogP contribution in [0.5, 0.6) is 11.5 Å². The minimum Gasteiger partial charge on any atom is -0.507 e. The van der Waals surface area contributed by atoms with E-state index in [2.05, 4.69) is 0 Å². The van der Waals surface area contributed by atoms with E-state index in [1.807, 2.05) is 0 Å². The second kappa shape index (κ2) is 5.42. The SMILES string of the molecule is O=C1c2cccc(O)c2C(=O)c2c(O)cc(C=CP(=O)(O)O)cc21. The summed E-state index contributed by atoms with van der Waals surface area (Å²) in [6.45, 7) is 0. The molecule has 0 spiro atoms. The zero-order valence-electron chi connectivity index (χ0n) is 12.0. The highest BCUT2D eigenvalue weighted by atomic mass is 31.2. The van der Waals surface area contributed by atoms with Gasteiger partial charge in [-0.1, -0.05) is 12.1 Å². The molecule has 2 aromatic carbocycles. The zero-order chi connectivity index (χ0) is 17.6. The molecule has 0 unspecified atom stereocenters. The van der Waals surface area contributed by atoms with Crippen molar-refractivity contribution in [1.82, 2.24) is 0 Å². The van der Waals surface area contributed by atoms with Crippen LogP contribution in [0.15, 0.2) is 36.1 Å². The number of rotatable bonds is 2. The molecule has 4 N–H and O–H groups in total. The molecule has 2 aromatic rings. The summed E-state index contributed by atoms with van der Waals surface area (Å²) in [6.07, 6.45) is 1.05. The number of aromatic hydroxyl groups is 2. The van der Waals surface area contributed by atoms with Crippen LogP contribution in [0.4, 0.5) is 0 Å². The molecule has 24 heavy (non-hydrogen) atoms. The maximum atomic E-state index is 12.6. The maximum absolute atomic E-state index is 12.6. The van der Waals surface area contributed by atoms with Gasteiger partial charge in [0.25, 0.3) is 0 Å². The largest absolute Gasteiger partial charge is 0.507 e. The normalized spacial score (nSPS) is 13.9. The first-order valence-corrected chi connectivity index (χ1v) is 8.40. The molecule has 0 heterocycles. The highest BCUT2D eigenvalue weighted by Crippen LogP contribution is 2.39. The van der Waals surface area contributed by atoms with Gasteiger partial charge in [0.2, 0.25) is 5.78 Å². The second-order valence-corrected chi connectivity index (χ2v) is 6.70. The van der Waals surface area contributed by atoms with Crippen molar-refractivity contribution in [3.63, 3.8) is 0 Å². The van der Waals surface area contributed by atoms with Crippen molar-refractivity contribution >= 4 is 25.2 Å². The molecular formula is C16H11O7P. The first kappa shape index (κ1) is 16.1. The summed E-state index contributed by atoms with van der Waals surface area (Å²) < 4.78 is 10.9. The van der Waals surface area contributed by atoms with Crippen LogP contribution in [0, 0.1) is 0 Å². The number of ketones is 2. The minimum atomic E-state index is -4.41. The molecule has 0 saturated carbocycles. The molecule has 7 nitrogen and oxygen atoms in total. The van der Waals surface area contributed by atoms with Crippen LogP contribution in [0.25, 0.3) is 6.08 Å². The summed E-state index contributed by atoms with van der Waals surface area (Å²) in [6, 6.07) is 6.44. The minimum absolute atomic E-state index is 0.00279. The molecule has 0 aliphatic heterocycles. The fourth-order valence-electron chi connectivity index (χ4n) is 2.58. The average molecular weight is 346 g/mol. The number of carbonyl (C=O) groups excluding carboxylic acids is 2. The van der Waals surface area contributed by atoms with Crippen molar-refractivity contribution in [1.29, 1.82) is 0 Å². The lowest BCUT2D eigenvalue weighted by Crippen LogP contribution is -2.21. The molecule has 0 atom stereocenters. The summed E-state index contributed by atoms with van der Waals surface area (Å²) >= 11 is 0. The van der Waals surface area contributed by atoms with E-state index >= 15 is 0 Å². The Labute approximate surface area is 135 Å². The van der Waals surface area contributed by atoms with Crippen molar-refractivity contribution in [2.45, 2.75) is 0 Å². The van der Waals surface area contributed by atoms with E-state index < -0.39 is 24.9 Å². The number of hydrogen-bond acceptors (Lipinski definition) is 5. The molecular weight excluding hydrogens is 335 g/mol. The van der Waals surface area contributed by atoms with Gasteiger partial charge in [-0.3, -0.25) is 14.2 Å². The Morgan fingerprint density at radius 2 is 1.54 bits per heavy atom. The van der Waals surface area contributed by atoms with E-state index in [9.17, 15) is 24.4 Å². The van der Waals surface area contributed by atoms with Crippen LogP contribution >= 0.6 is 7.60 Å². The Kier molecular flexibility index (Phi) is 3.64. The topological polar surface area (TPSA) is 132 Å². The fourth-order valence-corrected chi connectivity index (χ4v) is 2.95. The third kappa shape index (κ3) is 2.65. The van der Waals surface area contributed by atoms with Gasteiger partial charge in [0.05, 0.1) is 11.1 Å². The first-order chi connectivity index (χ1) is 11.2. The predicted octanol–water partition coefficient (Wildman–Crippen LogP) is 2.02. The molecule has 0 aromatic heterocycles. The highest BCUT2D eigenvalue weighted by Gasteiger charge is 2.34. The molecule has 3 rings (SSSR count). The first-order valence-electron chi connectivity index (χ1n) is 6.72. The van der Waals surface area contributed by atoms with Gasteiger partial charge in [0.1, 0.15) is 11.5 Å². The maximum Gasteiger partial charge on any atom is 0.349 e. The molecule has 0 bridgehead atoms. The third-order valence-electron chi connectivity index (χ3n) is 3.59. The van der Waals surface area contributed by atoms with Crippen molar-refractivity contribution in [3.8, 4) is 11.5 Å². The van der Waals surface area contributed by atoms with Gasteiger partial charge >= 0.3 is 7.60 Å². The second-order valence-electron chi connectivity index (χ2n) is 5.23. The average Bonchev–Trinajstić information content (AvgIpc) is 2.49. The molecule has 1 aliphatic carbocycles. The summed E-state index contributed by atoms with van der Waals surface area (Å²) in [4.78, 5) is 42.8. The van der Waals surface area contributed by atoms with E-state index in [1.165, 1.54) is 24.3 Å². The summed E-state index contributed by atoms with van der Waals surface area (Å²) in [5.41, 5.74) is -0.364. The molecule has 0 fully saturated rings. The van der Waals surface area contributed by atoms with Gasteiger partial charge in [0.15, 0.2) is 5.78 Å². The van der Waals surface area contributed by atoms with Gasteiger partial charge in [-0.25, -0.2) is 0 Å². The quantitative estimate of drug-likeness (QED) is 0.522. The number of phenolic OH excluding ortho intramolecular Hbond substituents is 2. The number of benzene rings is 2. The van der Waals surface area contributed by atoms with E-state index in [4.69, 9.17) is 9.79 Å². The van der Waals surface area contributed by atoms with Gasteiger partial charge in [0, 0.05) is 16.9 Å². The van der Waals surface area contributed by atoms with Crippen LogP contribution < -0.4 is 0 Å². The standard InChI is InChI=1S/C16H11O7P/c17-11-3-1-2-9-13(11)16(20)14-10(15(9)19)6-8(7-12(14)18)4-5-24(21,22)23/h1-7,17-18H,(H2,21,22,23). The van der Waals surface area contributed by atoms with E-state index in [0.717, 1.165) is 12.1 Å². The molecule has 0 amide bonds. The Bertz CT molecular complexity index is 969. The molecule has 0 saturated heterocycles. The smallest absolute Gasteiger partial charge is 0.349 e. The Balaban J connectivity index is 2.21. The molecule has 8 heteroatoms. The predicted molar refractivity (Wildman–Crippen MR) is 84.2 cm³/mol. The Morgan fingerprint density at radius 3 is 2.21 bits per heavy atom. The van der Waals surface area contributed by atoms with Crippen LogP contribution in [-0.2, 0) is 4.57 Å². The summed E-state index contributed by atoms with van der Waals surface area (Å²) in [5, 5.41) is 19.9. The van der Waals surface area contributed by atoms with Crippen LogP contribution in [0.1, 0.15) is 37.4 Å². The van der Waals surface area contributed by atoms with Crippen LogP contribution in [0.3, 0.4) is 0 Å². The summed E-state index contributed by atoms with van der Waals surface area (Å²) in [5.74, 6) is -1.51. The van der Waals surface area contributed by atoms with Crippen molar-refractivity contribution in [2.24, 2.45) is 0 Å². The Morgan fingerprint density at radius 1 is 0.875 bits per heavy atom. The van der Waals surface area contributed by atoms with Crippen molar-refractivity contribution in [2.75, 3.05) is 0 Å². The lowest BCUT2D eigenvalue weighted by Gasteiger charge is -2.19. The number of fused-ring (bicyclic) bond motifs is 2.